The average Bonchev–Trinajstić information content (AvgIpc) is 3.82. The van der Waals surface area contributed by atoms with Crippen molar-refractivity contribution in [3.63, 3.8) is 0 Å². The van der Waals surface area contributed by atoms with Crippen molar-refractivity contribution in [2.75, 3.05) is 0 Å². The molecule has 3 heterocycles. The lowest BCUT2D eigenvalue weighted by molar-refractivity contribution is 1.15. The van der Waals surface area contributed by atoms with Gasteiger partial charge in [-0.2, -0.15) is 0 Å². The van der Waals surface area contributed by atoms with E-state index < -0.39 is 0 Å². The molecule has 0 atom stereocenters. The van der Waals surface area contributed by atoms with E-state index in [0.717, 1.165) is 55.5 Å². The highest BCUT2D eigenvalue weighted by molar-refractivity contribution is 6.18. The van der Waals surface area contributed by atoms with Crippen LogP contribution in [0, 0.1) is 0 Å². The second-order valence-electron chi connectivity index (χ2n) is 14.9. The van der Waals surface area contributed by atoms with Gasteiger partial charge in [-0.1, -0.05) is 152 Å². The Bertz CT molecular complexity index is 3560. The van der Waals surface area contributed by atoms with Gasteiger partial charge in [-0.25, -0.2) is 9.97 Å². The molecule has 0 saturated carbocycles. The zero-order valence-corrected chi connectivity index (χ0v) is 31.4. The lowest BCUT2D eigenvalue weighted by atomic mass is 9.98. The van der Waals surface area contributed by atoms with Crippen molar-refractivity contribution in [3.05, 3.63) is 206 Å². The standard InChI is InChI=1S/C54H34N4/c1-3-17-36(18-4-1)53-52-39-21-8-7-16-35(39)31-33-45(52)55-54(56-53)44-24-11-14-28-48(44)58-47-27-13-10-23-43(47)51-40(25-15-29-49(51)58)37-30-32-42-41-22-9-12-26-46(41)57(50(42)34-37)38-19-5-2-6-20-38/h1-34H. The SMILES string of the molecule is c1ccc(-c2nc(-c3ccccc3-n3c4ccccc4c4c(-c5ccc6c7ccccc7n(-c7ccccc7)c6c5)cccc43)nc3ccc4ccccc4c23)cc1. The first-order valence-electron chi connectivity index (χ1n) is 19.8. The molecule has 0 N–H and O–H groups in total. The number of fused-ring (bicyclic) bond motifs is 9. The average molecular weight is 739 g/mol. The van der Waals surface area contributed by atoms with Crippen LogP contribution in [-0.4, -0.2) is 19.1 Å². The molecule has 0 fully saturated rings. The van der Waals surface area contributed by atoms with Crippen LogP contribution in [0.5, 0.6) is 0 Å². The van der Waals surface area contributed by atoms with Crippen LogP contribution in [0.2, 0.25) is 0 Å². The fourth-order valence-electron chi connectivity index (χ4n) is 9.20. The van der Waals surface area contributed by atoms with Gasteiger partial charge in [0.05, 0.1) is 39.0 Å². The van der Waals surface area contributed by atoms with Crippen LogP contribution in [0.1, 0.15) is 0 Å². The molecule has 4 heteroatoms. The summed E-state index contributed by atoms with van der Waals surface area (Å²) >= 11 is 0. The Balaban J connectivity index is 1.10. The number of rotatable bonds is 5. The second-order valence-corrected chi connectivity index (χ2v) is 14.9. The largest absolute Gasteiger partial charge is 0.309 e. The predicted octanol–water partition coefficient (Wildman–Crippen LogP) is 14.0. The molecule has 4 nitrogen and oxygen atoms in total. The topological polar surface area (TPSA) is 35.6 Å². The molecule has 0 amide bonds. The van der Waals surface area contributed by atoms with Crippen molar-refractivity contribution in [1.29, 1.82) is 0 Å². The maximum atomic E-state index is 5.44. The van der Waals surface area contributed by atoms with Crippen LogP contribution in [0.3, 0.4) is 0 Å². The summed E-state index contributed by atoms with van der Waals surface area (Å²) in [6, 6.07) is 73.7. The fraction of sp³-hybridized carbons (Fsp3) is 0. The summed E-state index contributed by atoms with van der Waals surface area (Å²) < 4.78 is 4.79. The molecule has 0 radical (unpaired) electrons. The van der Waals surface area contributed by atoms with Crippen LogP contribution < -0.4 is 0 Å². The van der Waals surface area contributed by atoms with Gasteiger partial charge in [-0.05, 0) is 76.5 Å². The van der Waals surface area contributed by atoms with E-state index in [1.165, 1.54) is 49.1 Å². The van der Waals surface area contributed by atoms with Crippen molar-refractivity contribution < 1.29 is 0 Å². The van der Waals surface area contributed by atoms with Crippen LogP contribution >= 0.6 is 0 Å². The lowest BCUT2D eigenvalue weighted by Gasteiger charge is -2.16. The summed E-state index contributed by atoms with van der Waals surface area (Å²) in [4.78, 5) is 10.8. The number of para-hydroxylation sites is 4. The van der Waals surface area contributed by atoms with Crippen molar-refractivity contribution in [3.8, 4) is 45.1 Å². The van der Waals surface area contributed by atoms with E-state index in [4.69, 9.17) is 9.97 Å². The molecule has 0 unspecified atom stereocenters. The molecule has 58 heavy (non-hydrogen) atoms. The van der Waals surface area contributed by atoms with Gasteiger partial charge in [0.2, 0.25) is 0 Å². The first-order chi connectivity index (χ1) is 28.8. The third-order valence-electron chi connectivity index (χ3n) is 11.7. The van der Waals surface area contributed by atoms with Gasteiger partial charge in [0.1, 0.15) is 0 Å². The van der Waals surface area contributed by atoms with Crippen molar-refractivity contribution >= 4 is 65.3 Å². The van der Waals surface area contributed by atoms with E-state index >= 15 is 0 Å². The van der Waals surface area contributed by atoms with Crippen molar-refractivity contribution in [2.24, 2.45) is 0 Å². The minimum Gasteiger partial charge on any atom is -0.309 e. The normalized spacial score (nSPS) is 11.8. The Morgan fingerprint density at radius 1 is 0.345 bits per heavy atom. The maximum absolute atomic E-state index is 5.44. The lowest BCUT2D eigenvalue weighted by Crippen LogP contribution is -2.01. The molecule has 3 aromatic heterocycles. The quantitative estimate of drug-likeness (QED) is 0.165. The van der Waals surface area contributed by atoms with Gasteiger partial charge < -0.3 is 9.13 Å². The maximum Gasteiger partial charge on any atom is 0.162 e. The van der Waals surface area contributed by atoms with Crippen molar-refractivity contribution in [1.82, 2.24) is 19.1 Å². The van der Waals surface area contributed by atoms with Gasteiger partial charge >= 0.3 is 0 Å². The molecule has 12 rings (SSSR count). The smallest absolute Gasteiger partial charge is 0.162 e. The van der Waals surface area contributed by atoms with E-state index in [1.54, 1.807) is 0 Å². The van der Waals surface area contributed by atoms with E-state index in [9.17, 15) is 0 Å². The number of hydrogen-bond donors (Lipinski definition) is 0. The molecule has 270 valence electrons. The molecule has 0 aliphatic rings. The highest BCUT2D eigenvalue weighted by Crippen LogP contribution is 2.43. The molecule has 0 aliphatic carbocycles. The van der Waals surface area contributed by atoms with Crippen LogP contribution in [0.4, 0.5) is 0 Å². The van der Waals surface area contributed by atoms with Gasteiger partial charge in [-0.15, -0.1) is 0 Å². The van der Waals surface area contributed by atoms with Crippen LogP contribution in [0.15, 0.2) is 206 Å². The Labute approximate surface area is 334 Å². The second kappa shape index (κ2) is 12.9. The molecular weight excluding hydrogens is 705 g/mol. The Morgan fingerprint density at radius 2 is 0.983 bits per heavy atom. The third kappa shape index (κ3) is 4.88. The number of aromatic nitrogens is 4. The predicted molar refractivity (Wildman–Crippen MR) is 242 cm³/mol. The Morgan fingerprint density at radius 3 is 1.83 bits per heavy atom. The van der Waals surface area contributed by atoms with Gasteiger partial charge in [-0.3, -0.25) is 0 Å². The molecule has 0 saturated heterocycles. The Kier molecular flexibility index (Phi) is 7.20. The fourth-order valence-corrected chi connectivity index (χ4v) is 9.20. The monoisotopic (exact) mass is 738 g/mol. The van der Waals surface area contributed by atoms with Gasteiger partial charge in [0.25, 0.3) is 0 Å². The van der Waals surface area contributed by atoms with E-state index in [-0.39, 0.29) is 0 Å². The molecule has 0 aliphatic heterocycles. The zero-order valence-electron chi connectivity index (χ0n) is 31.4. The summed E-state index contributed by atoms with van der Waals surface area (Å²) in [7, 11) is 0. The van der Waals surface area contributed by atoms with E-state index in [2.05, 4.69) is 215 Å². The van der Waals surface area contributed by atoms with E-state index in [1.807, 2.05) is 0 Å². The van der Waals surface area contributed by atoms with Gasteiger partial charge in [0.15, 0.2) is 5.82 Å². The van der Waals surface area contributed by atoms with Gasteiger partial charge in [0, 0.05) is 43.7 Å². The first kappa shape index (κ1) is 32.4. The molecule has 0 bridgehead atoms. The highest BCUT2D eigenvalue weighted by Gasteiger charge is 2.22. The van der Waals surface area contributed by atoms with Crippen LogP contribution in [0.25, 0.3) is 110 Å². The number of nitrogens with zero attached hydrogens (tertiary/aromatic N) is 4. The first-order valence-corrected chi connectivity index (χ1v) is 19.8. The summed E-state index contributed by atoms with van der Waals surface area (Å²) in [6.07, 6.45) is 0. The highest BCUT2D eigenvalue weighted by atomic mass is 15.0. The molecule has 9 aromatic carbocycles. The number of hydrogen-bond acceptors (Lipinski definition) is 2. The minimum absolute atomic E-state index is 0.693. The van der Waals surface area contributed by atoms with Crippen LogP contribution in [-0.2, 0) is 0 Å². The molecule has 12 aromatic rings. The summed E-state index contributed by atoms with van der Waals surface area (Å²) in [6.45, 7) is 0. The molecule has 0 spiro atoms. The summed E-state index contributed by atoms with van der Waals surface area (Å²) in [5.41, 5.74) is 13.1. The minimum atomic E-state index is 0.693. The zero-order chi connectivity index (χ0) is 38.2. The molecular formula is C54H34N4. The number of benzene rings is 9. The summed E-state index contributed by atoms with van der Waals surface area (Å²) in [5.74, 6) is 0.693. The summed E-state index contributed by atoms with van der Waals surface area (Å²) in [5, 5.41) is 8.29. The van der Waals surface area contributed by atoms with E-state index in [0.29, 0.717) is 5.82 Å². The Hall–Kier alpha value is -7.82. The third-order valence-corrected chi connectivity index (χ3v) is 11.7. The van der Waals surface area contributed by atoms with Crippen molar-refractivity contribution in [2.45, 2.75) is 0 Å².